The molecule has 0 heterocycles. The summed E-state index contributed by atoms with van der Waals surface area (Å²) in [4.78, 5) is 22.1. The summed E-state index contributed by atoms with van der Waals surface area (Å²) >= 11 is 2.94. The van der Waals surface area contributed by atoms with Gasteiger partial charge in [-0.05, 0) is 22.0 Å². The van der Waals surface area contributed by atoms with Crippen LogP contribution in [0.3, 0.4) is 0 Å². The Morgan fingerprint density at radius 3 is 2.72 bits per heavy atom. The van der Waals surface area contributed by atoms with E-state index in [9.17, 15) is 14.7 Å². The predicted molar refractivity (Wildman–Crippen MR) is 67.9 cm³/mol. The van der Waals surface area contributed by atoms with E-state index in [2.05, 4.69) is 32.6 Å². The molecule has 0 spiro atoms. The van der Waals surface area contributed by atoms with Crippen molar-refractivity contribution in [3.05, 3.63) is 34.8 Å². The van der Waals surface area contributed by atoms with E-state index in [0.717, 1.165) is 0 Å². The monoisotopic (exact) mass is 315 g/mol. The van der Waals surface area contributed by atoms with Crippen molar-refractivity contribution in [2.75, 3.05) is 11.9 Å². The molecule has 0 unspecified atom stereocenters. The number of amides is 1. The smallest absolute Gasteiger partial charge is 0.411 e. The van der Waals surface area contributed by atoms with Gasteiger partial charge >= 0.3 is 12.1 Å². The van der Waals surface area contributed by atoms with Crippen LogP contribution in [0.15, 0.2) is 29.3 Å². The molecule has 0 saturated heterocycles. The molecule has 1 amide bonds. The molecule has 0 aliphatic carbocycles. The van der Waals surface area contributed by atoms with Gasteiger partial charge in [-0.2, -0.15) is 0 Å². The van der Waals surface area contributed by atoms with Crippen molar-refractivity contribution in [3.8, 4) is 5.75 Å². The van der Waals surface area contributed by atoms with Gasteiger partial charge in [0.05, 0.1) is 10.0 Å². The van der Waals surface area contributed by atoms with Gasteiger partial charge in [0.15, 0.2) is 0 Å². The Bertz CT molecular complexity index is 500. The lowest BCUT2D eigenvalue weighted by Crippen LogP contribution is -2.14. The number of phenolic OH excluding ortho intramolecular Hbond substituents is 1. The number of anilines is 1. The van der Waals surface area contributed by atoms with Gasteiger partial charge in [-0.15, -0.1) is 0 Å². The van der Waals surface area contributed by atoms with Crippen LogP contribution in [0.2, 0.25) is 0 Å². The third-order valence-electron chi connectivity index (χ3n) is 1.86. The summed E-state index contributed by atoms with van der Waals surface area (Å²) in [7, 11) is 0. The van der Waals surface area contributed by atoms with E-state index in [1.807, 2.05) is 0 Å². The average Bonchev–Trinajstić information content (AvgIpc) is 2.30. The number of nitrogens with one attached hydrogen (secondary N) is 1. The minimum atomic E-state index is -1.24. The Hall–Kier alpha value is -2.02. The molecule has 0 bridgehead atoms. The Kier molecular flexibility index (Phi) is 4.73. The summed E-state index contributed by atoms with van der Waals surface area (Å²) in [6.45, 7) is 3.40. The van der Waals surface area contributed by atoms with Crippen LogP contribution in [-0.4, -0.2) is 28.9 Å². The average molecular weight is 316 g/mol. The summed E-state index contributed by atoms with van der Waals surface area (Å²) in [5.74, 6) is -1.53. The quantitative estimate of drug-likeness (QED) is 0.742. The van der Waals surface area contributed by atoms with Gasteiger partial charge in [0.1, 0.15) is 12.4 Å². The Labute approximate surface area is 111 Å². The lowest BCUT2D eigenvalue weighted by atomic mass is 10.2. The number of benzene rings is 1. The van der Waals surface area contributed by atoms with Crippen molar-refractivity contribution < 1.29 is 24.5 Å². The molecule has 1 aromatic rings. The number of phenols is 1. The second kappa shape index (κ2) is 6.06. The zero-order valence-corrected chi connectivity index (χ0v) is 10.7. The SMILES string of the molecule is C=CCOC(=O)Nc1cc(O)c(Br)c(C(=O)O)c1. The second-order valence-corrected chi connectivity index (χ2v) is 3.97. The van der Waals surface area contributed by atoms with Gasteiger partial charge < -0.3 is 14.9 Å². The zero-order chi connectivity index (χ0) is 13.7. The van der Waals surface area contributed by atoms with Crippen LogP contribution in [-0.2, 0) is 4.74 Å². The number of ether oxygens (including phenoxy) is 1. The highest BCUT2D eigenvalue weighted by molar-refractivity contribution is 9.10. The van der Waals surface area contributed by atoms with Crippen LogP contribution in [0.1, 0.15) is 10.4 Å². The highest BCUT2D eigenvalue weighted by atomic mass is 79.9. The van der Waals surface area contributed by atoms with Gasteiger partial charge in [-0.25, -0.2) is 9.59 Å². The fourth-order valence-electron chi connectivity index (χ4n) is 1.13. The highest BCUT2D eigenvalue weighted by Crippen LogP contribution is 2.31. The van der Waals surface area contributed by atoms with Crippen LogP contribution in [0.25, 0.3) is 0 Å². The first-order valence-electron chi connectivity index (χ1n) is 4.76. The molecule has 3 N–H and O–H groups in total. The van der Waals surface area contributed by atoms with E-state index < -0.39 is 12.1 Å². The van der Waals surface area contributed by atoms with Crippen LogP contribution >= 0.6 is 15.9 Å². The number of carbonyl (C=O) groups excluding carboxylic acids is 1. The molecular weight excluding hydrogens is 306 g/mol. The van der Waals surface area contributed by atoms with Crippen molar-refractivity contribution in [1.29, 1.82) is 0 Å². The summed E-state index contributed by atoms with van der Waals surface area (Å²) in [6, 6.07) is 2.40. The van der Waals surface area contributed by atoms with Crippen molar-refractivity contribution in [1.82, 2.24) is 0 Å². The third-order valence-corrected chi connectivity index (χ3v) is 2.70. The van der Waals surface area contributed by atoms with Crippen LogP contribution in [0.4, 0.5) is 10.5 Å². The van der Waals surface area contributed by atoms with Gasteiger partial charge in [-0.3, -0.25) is 5.32 Å². The van der Waals surface area contributed by atoms with E-state index in [-0.39, 0.29) is 28.1 Å². The number of rotatable bonds is 4. The van der Waals surface area contributed by atoms with E-state index in [4.69, 9.17) is 5.11 Å². The van der Waals surface area contributed by atoms with Gasteiger partial charge in [0.25, 0.3) is 0 Å². The molecule has 0 aromatic heterocycles. The molecule has 1 aromatic carbocycles. The minimum absolute atomic E-state index is 0.0279. The molecule has 0 aliphatic rings. The number of aromatic hydroxyl groups is 1. The molecule has 0 aliphatic heterocycles. The minimum Gasteiger partial charge on any atom is -0.507 e. The van der Waals surface area contributed by atoms with Crippen molar-refractivity contribution in [2.24, 2.45) is 0 Å². The topological polar surface area (TPSA) is 95.9 Å². The highest BCUT2D eigenvalue weighted by Gasteiger charge is 2.15. The summed E-state index contributed by atoms with van der Waals surface area (Å²) in [5.41, 5.74) is -0.0591. The second-order valence-electron chi connectivity index (χ2n) is 3.17. The lowest BCUT2D eigenvalue weighted by Gasteiger charge is -2.08. The van der Waals surface area contributed by atoms with Crippen LogP contribution in [0, 0.1) is 0 Å². The normalized spacial score (nSPS) is 9.61. The number of hydrogen-bond acceptors (Lipinski definition) is 4. The predicted octanol–water partition coefficient (Wildman–Crippen LogP) is 2.59. The third kappa shape index (κ3) is 3.49. The molecule has 6 nitrogen and oxygen atoms in total. The Morgan fingerprint density at radius 2 is 2.17 bits per heavy atom. The molecule has 0 fully saturated rings. The van der Waals surface area contributed by atoms with Crippen molar-refractivity contribution in [3.63, 3.8) is 0 Å². The van der Waals surface area contributed by atoms with E-state index in [1.54, 1.807) is 0 Å². The molecule has 96 valence electrons. The maximum absolute atomic E-state index is 11.2. The summed E-state index contributed by atoms with van der Waals surface area (Å²) in [6.07, 6.45) is 0.620. The van der Waals surface area contributed by atoms with E-state index in [0.29, 0.717) is 0 Å². The number of carbonyl (C=O) groups is 2. The number of hydrogen-bond donors (Lipinski definition) is 3. The first kappa shape index (κ1) is 14.0. The zero-order valence-electron chi connectivity index (χ0n) is 9.14. The molecule has 0 radical (unpaired) electrons. The van der Waals surface area contributed by atoms with Gasteiger partial charge in [0, 0.05) is 11.8 Å². The standard InChI is InChI=1S/C11H10BrNO5/c1-2-3-18-11(17)13-6-4-7(10(15)16)9(12)8(14)5-6/h2,4-5,14H,1,3H2,(H,13,17)(H,15,16). The molecular formula is C11H10BrNO5. The molecule has 1 rings (SSSR count). The lowest BCUT2D eigenvalue weighted by molar-refractivity contribution is 0.0695. The van der Waals surface area contributed by atoms with E-state index in [1.165, 1.54) is 18.2 Å². The van der Waals surface area contributed by atoms with Crippen molar-refractivity contribution >= 4 is 33.7 Å². The summed E-state index contributed by atoms with van der Waals surface area (Å²) in [5, 5.41) is 20.7. The fraction of sp³-hybridized carbons (Fsp3) is 0.0909. The molecule has 7 heteroatoms. The van der Waals surface area contributed by atoms with Crippen LogP contribution < -0.4 is 5.32 Å². The first-order chi connectivity index (χ1) is 8.45. The largest absolute Gasteiger partial charge is 0.507 e. The molecule has 0 saturated carbocycles. The maximum atomic E-state index is 11.2. The van der Waals surface area contributed by atoms with E-state index >= 15 is 0 Å². The van der Waals surface area contributed by atoms with Crippen molar-refractivity contribution in [2.45, 2.75) is 0 Å². The number of carboxylic acid groups (broad SMARTS) is 1. The number of aromatic carboxylic acids is 1. The molecule has 18 heavy (non-hydrogen) atoms. The Morgan fingerprint density at radius 1 is 1.50 bits per heavy atom. The number of halogens is 1. The summed E-state index contributed by atoms with van der Waals surface area (Å²) < 4.78 is 4.70. The van der Waals surface area contributed by atoms with Crippen LogP contribution in [0.5, 0.6) is 5.75 Å². The fourth-order valence-corrected chi connectivity index (χ4v) is 1.52. The number of carboxylic acids is 1. The van der Waals surface area contributed by atoms with Gasteiger partial charge in [0.2, 0.25) is 0 Å². The van der Waals surface area contributed by atoms with Gasteiger partial charge in [-0.1, -0.05) is 12.7 Å². The first-order valence-corrected chi connectivity index (χ1v) is 5.55. The Balaban J connectivity index is 2.94. The molecule has 0 atom stereocenters. The maximum Gasteiger partial charge on any atom is 0.411 e.